The summed E-state index contributed by atoms with van der Waals surface area (Å²) in [5.74, 6) is -3.02. The summed E-state index contributed by atoms with van der Waals surface area (Å²) < 4.78 is 37.9. The van der Waals surface area contributed by atoms with Crippen molar-refractivity contribution < 1.29 is 27.9 Å². The minimum Gasteiger partial charge on any atom is -0.480 e. The molecule has 21 heavy (non-hydrogen) atoms. The van der Waals surface area contributed by atoms with Crippen molar-refractivity contribution in [2.45, 2.75) is 31.1 Å². The van der Waals surface area contributed by atoms with Crippen LogP contribution < -0.4 is 11.1 Å². The number of carboxylic acids is 1. The first-order chi connectivity index (χ1) is 9.55. The summed E-state index contributed by atoms with van der Waals surface area (Å²) in [5.41, 5.74) is 2.36. The average molecular weight is 304 g/mol. The topological polar surface area (TPSA) is 92.4 Å². The van der Waals surface area contributed by atoms with E-state index in [4.69, 9.17) is 10.8 Å². The van der Waals surface area contributed by atoms with E-state index in [1.807, 2.05) is 5.32 Å². The zero-order valence-corrected chi connectivity index (χ0v) is 11.1. The lowest BCUT2D eigenvalue weighted by atomic mass is 10.00. The number of carbonyl (C=O) groups is 2. The van der Waals surface area contributed by atoms with Crippen LogP contribution in [-0.4, -0.2) is 34.7 Å². The zero-order chi connectivity index (χ0) is 16.3. The van der Waals surface area contributed by atoms with E-state index in [2.05, 4.69) is 0 Å². The van der Waals surface area contributed by atoms with Gasteiger partial charge in [-0.25, -0.2) is 4.79 Å². The van der Waals surface area contributed by atoms with Gasteiger partial charge in [0.2, 0.25) is 5.91 Å². The number of hydrogen-bond donors (Lipinski definition) is 3. The Kier molecular flexibility index (Phi) is 4.95. The quantitative estimate of drug-likeness (QED) is 0.759. The van der Waals surface area contributed by atoms with Crippen LogP contribution in [0, 0.1) is 0 Å². The maximum atomic E-state index is 12.6. The molecule has 116 valence electrons. The largest absolute Gasteiger partial charge is 0.480 e. The van der Waals surface area contributed by atoms with Crippen LogP contribution in [0.15, 0.2) is 30.3 Å². The Labute approximate surface area is 118 Å². The van der Waals surface area contributed by atoms with Crippen LogP contribution in [0.4, 0.5) is 13.2 Å². The van der Waals surface area contributed by atoms with Crippen molar-refractivity contribution in [1.29, 1.82) is 0 Å². The fourth-order valence-electron chi connectivity index (χ4n) is 1.49. The van der Waals surface area contributed by atoms with E-state index >= 15 is 0 Å². The van der Waals surface area contributed by atoms with Gasteiger partial charge in [0, 0.05) is 6.42 Å². The number of carbonyl (C=O) groups excluding carboxylic acids is 1. The molecule has 4 N–H and O–H groups in total. The first kappa shape index (κ1) is 17.0. The van der Waals surface area contributed by atoms with Gasteiger partial charge in [0.1, 0.15) is 6.04 Å². The third-order valence-corrected chi connectivity index (χ3v) is 2.95. The first-order valence-electron chi connectivity index (χ1n) is 5.99. The number of benzene rings is 1. The van der Waals surface area contributed by atoms with Crippen LogP contribution >= 0.6 is 0 Å². The predicted molar refractivity (Wildman–Crippen MR) is 68.4 cm³/mol. The Hall–Kier alpha value is -2.09. The summed E-state index contributed by atoms with van der Waals surface area (Å²) in [6.45, 7) is 0.490. The number of hydrogen-bond acceptors (Lipinski definition) is 3. The van der Waals surface area contributed by atoms with Crippen molar-refractivity contribution in [3.05, 3.63) is 35.9 Å². The number of halogens is 3. The molecule has 0 fully saturated rings. The average Bonchev–Trinajstić information content (AvgIpc) is 2.37. The van der Waals surface area contributed by atoms with E-state index < -0.39 is 29.6 Å². The summed E-state index contributed by atoms with van der Waals surface area (Å²) in [5, 5.41) is 10.8. The van der Waals surface area contributed by atoms with Gasteiger partial charge in [0.15, 0.2) is 5.54 Å². The lowest BCUT2D eigenvalue weighted by Gasteiger charge is -2.27. The molecule has 1 rings (SSSR count). The molecule has 1 aromatic carbocycles. The highest BCUT2D eigenvalue weighted by Crippen LogP contribution is 2.28. The zero-order valence-electron chi connectivity index (χ0n) is 11.1. The molecule has 0 aliphatic rings. The molecule has 0 heterocycles. The van der Waals surface area contributed by atoms with Gasteiger partial charge in [-0.15, -0.1) is 0 Å². The number of carboxylic acid groups (broad SMARTS) is 1. The van der Waals surface area contributed by atoms with Crippen molar-refractivity contribution in [3.63, 3.8) is 0 Å². The number of amides is 1. The maximum Gasteiger partial charge on any atom is 0.415 e. The van der Waals surface area contributed by atoms with E-state index in [1.165, 1.54) is 0 Å². The molecule has 0 bridgehead atoms. The monoisotopic (exact) mass is 304 g/mol. The molecule has 0 spiro atoms. The molecule has 0 saturated heterocycles. The van der Waals surface area contributed by atoms with Crippen LogP contribution in [0.25, 0.3) is 0 Å². The molecule has 1 unspecified atom stereocenters. The van der Waals surface area contributed by atoms with E-state index in [0.717, 1.165) is 0 Å². The Bertz CT molecular complexity index is 515. The number of rotatable bonds is 5. The minimum absolute atomic E-state index is 0.143. The van der Waals surface area contributed by atoms with Crippen molar-refractivity contribution in [3.8, 4) is 0 Å². The molecule has 8 heteroatoms. The molecule has 0 saturated carbocycles. The lowest BCUT2D eigenvalue weighted by molar-refractivity contribution is -0.188. The second-order valence-electron chi connectivity index (χ2n) is 4.75. The van der Waals surface area contributed by atoms with Crippen molar-refractivity contribution >= 4 is 11.9 Å². The number of aliphatic carboxylic acids is 1. The molecular formula is C13H15F3N2O3. The third-order valence-electron chi connectivity index (χ3n) is 2.95. The standard InChI is InChI=1S/C13H15F3N2O3/c1-12(17,13(14,15)16)11(21)18-9(10(19)20)7-8-5-3-2-4-6-8/h2-6,9H,7,17H2,1H3,(H,18,21)(H,19,20)/t9-,12?/m0/s1. The summed E-state index contributed by atoms with van der Waals surface area (Å²) in [7, 11) is 0. The van der Waals surface area contributed by atoms with Gasteiger partial charge in [-0.2, -0.15) is 13.2 Å². The molecule has 0 radical (unpaired) electrons. The molecule has 0 aliphatic heterocycles. The van der Waals surface area contributed by atoms with Crippen LogP contribution in [-0.2, 0) is 16.0 Å². The fraction of sp³-hybridized carbons (Fsp3) is 0.385. The van der Waals surface area contributed by atoms with Gasteiger partial charge in [-0.05, 0) is 12.5 Å². The first-order valence-corrected chi connectivity index (χ1v) is 5.99. The highest BCUT2D eigenvalue weighted by Gasteiger charge is 2.54. The molecule has 1 amide bonds. The smallest absolute Gasteiger partial charge is 0.415 e. The third kappa shape index (κ3) is 4.19. The molecule has 1 aromatic rings. The Balaban J connectivity index is 2.85. The Morgan fingerprint density at radius 3 is 2.24 bits per heavy atom. The highest BCUT2D eigenvalue weighted by atomic mass is 19.4. The number of nitrogens with one attached hydrogen (secondary N) is 1. The van der Waals surface area contributed by atoms with E-state index in [0.29, 0.717) is 12.5 Å². The minimum atomic E-state index is -4.98. The van der Waals surface area contributed by atoms with Crippen LogP contribution in [0.1, 0.15) is 12.5 Å². The number of alkyl halides is 3. The van der Waals surface area contributed by atoms with Gasteiger partial charge in [0.25, 0.3) is 0 Å². The SMILES string of the molecule is CC(N)(C(=O)N[C@@H](Cc1ccccc1)C(=O)O)C(F)(F)F. The van der Waals surface area contributed by atoms with Gasteiger partial charge in [-0.3, -0.25) is 4.79 Å². The van der Waals surface area contributed by atoms with Gasteiger partial charge >= 0.3 is 12.1 Å². The van der Waals surface area contributed by atoms with E-state index in [-0.39, 0.29) is 6.42 Å². The molecule has 0 aliphatic carbocycles. The number of nitrogens with two attached hydrogens (primary N) is 1. The van der Waals surface area contributed by atoms with Crippen molar-refractivity contribution in [2.24, 2.45) is 5.73 Å². The second-order valence-corrected chi connectivity index (χ2v) is 4.75. The van der Waals surface area contributed by atoms with E-state index in [1.54, 1.807) is 30.3 Å². The summed E-state index contributed by atoms with van der Waals surface area (Å²) in [4.78, 5) is 22.7. The molecular weight excluding hydrogens is 289 g/mol. The van der Waals surface area contributed by atoms with Crippen molar-refractivity contribution in [2.75, 3.05) is 0 Å². The lowest BCUT2D eigenvalue weighted by Crippen LogP contribution is -2.63. The van der Waals surface area contributed by atoms with Crippen LogP contribution in [0.3, 0.4) is 0 Å². The second kappa shape index (κ2) is 6.13. The van der Waals surface area contributed by atoms with Gasteiger partial charge in [-0.1, -0.05) is 30.3 Å². The normalized spacial score (nSPS) is 15.9. The predicted octanol–water partition coefficient (Wildman–Crippen LogP) is 1.08. The molecule has 5 nitrogen and oxygen atoms in total. The van der Waals surface area contributed by atoms with Crippen LogP contribution in [0.2, 0.25) is 0 Å². The maximum absolute atomic E-state index is 12.6. The van der Waals surface area contributed by atoms with E-state index in [9.17, 15) is 22.8 Å². The summed E-state index contributed by atoms with van der Waals surface area (Å²) in [6.07, 6.45) is -5.12. The highest BCUT2D eigenvalue weighted by molar-refractivity contribution is 5.90. The Morgan fingerprint density at radius 2 is 1.81 bits per heavy atom. The molecule has 0 aromatic heterocycles. The van der Waals surface area contributed by atoms with Crippen LogP contribution in [0.5, 0.6) is 0 Å². The summed E-state index contributed by atoms with van der Waals surface area (Å²) >= 11 is 0. The van der Waals surface area contributed by atoms with Gasteiger partial charge in [0.05, 0.1) is 0 Å². The van der Waals surface area contributed by atoms with Gasteiger partial charge < -0.3 is 16.2 Å². The Morgan fingerprint density at radius 1 is 1.29 bits per heavy atom. The van der Waals surface area contributed by atoms with Crippen molar-refractivity contribution in [1.82, 2.24) is 5.32 Å². The summed E-state index contributed by atoms with van der Waals surface area (Å²) in [6, 6.07) is 6.72. The fourth-order valence-corrected chi connectivity index (χ4v) is 1.49. The molecule has 2 atom stereocenters.